The zero-order chi connectivity index (χ0) is 38.9. The van der Waals surface area contributed by atoms with Crippen molar-refractivity contribution < 1.29 is 4.42 Å². The van der Waals surface area contributed by atoms with Gasteiger partial charge in [0.2, 0.25) is 5.89 Å². The van der Waals surface area contributed by atoms with Crippen molar-refractivity contribution in [1.82, 2.24) is 9.55 Å². The molecule has 276 valence electrons. The first-order valence-electron chi connectivity index (χ1n) is 20.2. The van der Waals surface area contributed by atoms with Crippen LogP contribution in [0.2, 0.25) is 0 Å². The van der Waals surface area contributed by atoms with Crippen LogP contribution in [0.15, 0.2) is 223 Å². The molecule has 3 heteroatoms. The lowest BCUT2D eigenvalue weighted by Gasteiger charge is -2.34. The zero-order valence-electron chi connectivity index (χ0n) is 32.1. The highest BCUT2D eigenvalue weighted by atomic mass is 16.3. The van der Waals surface area contributed by atoms with Gasteiger partial charge in [-0.2, -0.15) is 0 Å². The van der Waals surface area contributed by atoms with Crippen molar-refractivity contribution in [2.75, 3.05) is 0 Å². The number of benzene rings is 9. The van der Waals surface area contributed by atoms with Crippen molar-refractivity contribution >= 4 is 32.9 Å². The molecule has 9 aromatic carbocycles. The molecule has 2 aromatic heterocycles. The normalized spacial score (nSPS) is 12.9. The van der Waals surface area contributed by atoms with Gasteiger partial charge < -0.3 is 8.98 Å². The molecule has 1 aliphatic rings. The van der Waals surface area contributed by atoms with Crippen LogP contribution in [0.4, 0.5) is 0 Å². The third-order valence-electron chi connectivity index (χ3n) is 12.3. The smallest absolute Gasteiger partial charge is 0.227 e. The van der Waals surface area contributed by atoms with Gasteiger partial charge in [0.05, 0.1) is 16.4 Å². The Labute approximate surface area is 342 Å². The average molecular weight is 753 g/mol. The minimum Gasteiger partial charge on any atom is -0.436 e. The average Bonchev–Trinajstić information content (AvgIpc) is 3.99. The molecule has 11 aromatic rings. The Morgan fingerprint density at radius 1 is 0.390 bits per heavy atom. The molecule has 0 unspecified atom stereocenters. The monoisotopic (exact) mass is 752 g/mol. The topological polar surface area (TPSA) is 31.0 Å². The summed E-state index contributed by atoms with van der Waals surface area (Å²) >= 11 is 0. The molecule has 0 saturated heterocycles. The maximum atomic E-state index is 6.75. The van der Waals surface area contributed by atoms with Crippen LogP contribution in [-0.4, -0.2) is 9.55 Å². The number of aromatic nitrogens is 2. The third kappa shape index (κ3) is 5.05. The summed E-state index contributed by atoms with van der Waals surface area (Å²) in [6.07, 6.45) is 0. The van der Waals surface area contributed by atoms with Crippen molar-refractivity contribution in [3.8, 4) is 50.5 Å². The molecule has 3 nitrogen and oxygen atoms in total. The van der Waals surface area contributed by atoms with Gasteiger partial charge in [0, 0.05) is 27.6 Å². The molecular weight excluding hydrogens is 717 g/mol. The molecule has 0 atom stereocenters. The first kappa shape index (κ1) is 33.4. The molecule has 59 heavy (non-hydrogen) atoms. The maximum Gasteiger partial charge on any atom is 0.227 e. The lowest BCUT2D eigenvalue weighted by atomic mass is 9.67. The maximum absolute atomic E-state index is 6.75. The lowest BCUT2D eigenvalue weighted by Crippen LogP contribution is -2.28. The van der Waals surface area contributed by atoms with Gasteiger partial charge in [-0.1, -0.05) is 164 Å². The van der Waals surface area contributed by atoms with E-state index in [2.05, 4.69) is 223 Å². The van der Waals surface area contributed by atoms with Gasteiger partial charge in [-0.25, -0.2) is 4.98 Å². The predicted molar refractivity (Wildman–Crippen MR) is 242 cm³/mol. The number of rotatable bonds is 6. The van der Waals surface area contributed by atoms with Gasteiger partial charge in [0.25, 0.3) is 0 Å². The Morgan fingerprint density at radius 2 is 0.949 bits per heavy atom. The van der Waals surface area contributed by atoms with Crippen LogP contribution in [0.25, 0.3) is 83.4 Å². The number of hydrogen-bond acceptors (Lipinski definition) is 2. The molecule has 0 aliphatic heterocycles. The first-order valence-corrected chi connectivity index (χ1v) is 20.2. The Hall–Kier alpha value is -7.75. The van der Waals surface area contributed by atoms with Gasteiger partial charge >= 0.3 is 0 Å². The fourth-order valence-corrected chi connectivity index (χ4v) is 9.74. The standard InChI is InChI=1S/C56H36N2O/c1-4-16-37(17-5-1)40-34-48(39-30-33-45-44-22-10-13-25-49(44)56(50(45)35-39,41-18-6-2-7-19-41)42-20-8-3-9-21-42)54-53(36-40)59-55(57-54)38-28-31-43(32-29-38)58-51-26-14-11-23-46(51)47-24-12-15-27-52(47)58/h1-36H. The number of fused-ring (bicyclic) bond motifs is 7. The quantitative estimate of drug-likeness (QED) is 0.169. The summed E-state index contributed by atoms with van der Waals surface area (Å²) in [5.41, 5.74) is 17.4. The number of hydrogen-bond donors (Lipinski definition) is 0. The van der Waals surface area contributed by atoms with E-state index in [-0.39, 0.29) is 0 Å². The fraction of sp³-hybridized carbons (Fsp3) is 0.0179. The molecule has 12 rings (SSSR count). The van der Waals surface area contributed by atoms with Crippen molar-refractivity contribution in [2.24, 2.45) is 0 Å². The van der Waals surface area contributed by atoms with Crippen LogP contribution in [0, 0.1) is 0 Å². The predicted octanol–water partition coefficient (Wildman–Crippen LogP) is 14.3. The molecule has 2 heterocycles. The fourth-order valence-electron chi connectivity index (χ4n) is 9.74. The lowest BCUT2D eigenvalue weighted by molar-refractivity contribution is 0.620. The Morgan fingerprint density at radius 3 is 1.63 bits per heavy atom. The van der Waals surface area contributed by atoms with E-state index in [4.69, 9.17) is 9.40 Å². The van der Waals surface area contributed by atoms with E-state index in [1.807, 2.05) is 0 Å². The number of nitrogens with zero attached hydrogens (tertiary/aromatic N) is 2. The summed E-state index contributed by atoms with van der Waals surface area (Å²) in [6.45, 7) is 0. The van der Waals surface area contributed by atoms with Gasteiger partial charge in [-0.05, 0) is 105 Å². The Balaban J connectivity index is 1.05. The van der Waals surface area contributed by atoms with E-state index in [1.165, 1.54) is 55.2 Å². The highest BCUT2D eigenvalue weighted by molar-refractivity contribution is 6.09. The van der Waals surface area contributed by atoms with Gasteiger partial charge in [-0.3, -0.25) is 0 Å². The summed E-state index contributed by atoms with van der Waals surface area (Å²) in [5, 5.41) is 2.49. The van der Waals surface area contributed by atoms with Gasteiger partial charge in [0.15, 0.2) is 5.58 Å². The summed E-state index contributed by atoms with van der Waals surface area (Å²) in [4.78, 5) is 5.30. The molecule has 1 aliphatic carbocycles. The molecule has 0 N–H and O–H groups in total. The third-order valence-corrected chi connectivity index (χ3v) is 12.3. The van der Waals surface area contributed by atoms with Crippen molar-refractivity contribution in [2.45, 2.75) is 5.41 Å². The van der Waals surface area contributed by atoms with Gasteiger partial charge in [0.1, 0.15) is 5.52 Å². The highest BCUT2D eigenvalue weighted by Crippen LogP contribution is 2.57. The van der Waals surface area contributed by atoms with Crippen LogP contribution in [-0.2, 0) is 5.41 Å². The van der Waals surface area contributed by atoms with E-state index in [0.717, 1.165) is 44.6 Å². The molecule has 0 fully saturated rings. The van der Waals surface area contributed by atoms with Crippen LogP contribution < -0.4 is 0 Å². The molecule has 0 bridgehead atoms. The van der Waals surface area contributed by atoms with E-state index >= 15 is 0 Å². The van der Waals surface area contributed by atoms with Crippen molar-refractivity contribution in [1.29, 1.82) is 0 Å². The van der Waals surface area contributed by atoms with Crippen molar-refractivity contribution in [3.05, 3.63) is 241 Å². The van der Waals surface area contributed by atoms with Crippen LogP contribution in [0.1, 0.15) is 22.3 Å². The summed E-state index contributed by atoms with van der Waals surface area (Å²) in [7, 11) is 0. The van der Waals surface area contributed by atoms with E-state index in [9.17, 15) is 0 Å². The minimum absolute atomic E-state index is 0.506. The Bertz CT molecular complexity index is 3270. The zero-order valence-corrected chi connectivity index (χ0v) is 32.1. The highest BCUT2D eigenvalue weighted by Gasteiger charge is 2.46. The molecular formula is C56H36N2O. The van der Waals surface area contributed by atoms with E-state index < -0.39 is 5.41 Å². The van der Waals surface area contributed by atoms with E-state index in [1.54, 1.807) is 0 Å². The SMILES string of the molecule is c1ccc(-c2cc(-c3ccc4c(c3)C(c3ccccc3)(c3ccccc3)c3ccccc3-4)c3nc(-c4ccc(-n5c6ccccc6c6ccccc65)cc4)oc3c2)cc1. The van der Waals surface area contributed by atoms with Crippen LogP contribution in [0.3, 0.4) is 0 Å². The molecule has 0 spiro atoms. The Kier molecular flexibility index (Phi) is 7.45. The number of oxazole rings is 1. The second kappa shape index (κ2) is 13.2. The number of para-hydroxylation sites is 2. The summed E-state index contributed by atoms with van der Waals surface area (Å²) in [6, 6.07) is 78.6. The second-order valence-corrected chi connectivity index (χ2v) is 15.5. The van der Waals surface area contributed by atoms with Crippen LogP contribution >= 0.6 is 0 Å². The van der Waals surface area contributed by atoms with E-state index in [0.29, 0.717) is 5.89 Å². The molecule has 0 amide bonds. The molecule has 0 radical (unpaired) electrons. The first-order chi connectivity index (χ1) is 29.3. The van der Waals surface area contributed by atoms with Gasteiger partial charge in [-0.15, -0.1) is 0 Å². The summed E-state index contributed by atoms with van der Waals surface area (Å²) in [5.74, 6) is 0.594. The largest absolute Gasteiger partial charge is 0.436 e. The van der Waals surface area contributed by atoms with Crippen molar-refractivity contribution in [3.63, 3.8) is 0 Å². The summed E-state index contributed by atoms with van der Waals surface area (Å²) < 4.78 is 9.09. The second-order valence-electron chi connectivity index (χ2n) is 15.5. The molecule has 0 saturated carbocycles. The minimum atomic E-state index is -0.506. The van der Waals surface area contributed by atoms with Crippen LogP contribution in [0.5, 0.6) is 0 Å².